The molecule has 0 saturated carbocycles. The largest absolute Gasteiger partial charge is 0.395 e. The van der Waals surface area contributed by atoms with Gasteiger partial charge in [0.05, 0.1) is 6.61 Å². The number of aliphatic hydroxyl groups excluding tert-OH is 1. The van der Waals surface area contributed by atoms with E-state index in [0.29, 0.717) is 6.54 Å². The molecular formula is C11H23NO2. The molecule has 14 heavy (non-hydrogen) atoms. The minimum atomic E-state index is -0.406. The third-order valence-electron chi connectivity index (χ3n) is 3.19. The van der Waals surface area contributed by atoms with Crippen molar-refractivity contribution in [1.82, 2.24) is 4.90 Å². The number of hydrogen-bond acceptors (Lipinski definition) is 2. The van der Waals surface area contributed by atoms with Gasteiger partial charge in [-0.2, -0.15) is 0 Å². The highest BCUT2D eigenvalue weighted by atomic mass is 16.3. The van der Waals surface area contributed by atoms with E-state index in [2.05, 4.69) is 20.8 Å². The number of nitrogens with zero attached hydrogens (tertiary/aromatic N) is 1. The number of aliphatic hydroxyl groups is 1. The Morgan fingerprint density at radius 3 is 1.93 bits per heavy atom. The van der Waals surface area contributed by atoms with Gasteiger partial charge in [-0.3, -0.25) is 4.79 Å². The van der Waals surface area contributed by atoms with Crippen LogP contribution in [0, 0.1) is 10.8 Å². The molecule has 1 amide bonds. The molecule has 0 fully saturated rings. The van der Waals surface area contributed by atoms with Crippen molar-refractivity contribution >= 4 is 5.91 Å². The minimum Gasteiger partial charge on any atom is -0.395 e. The number of carbonyl (C=O) groups excluding carboxylic acids is 1. The molecule has 0 radical (unpaired) electrons. The summed E-state index contributed by atoms with van der Waals surface area (Å²) in [5, 5.41) is 8.76. The van der Waals surface area contributed by atoms with Gasteiger partial charge in [-0.1, -0.05) is 34.6 Å². The second-order valence-electron chi connectivity index (χ2n) is 5.33. The first-order valence-electron chi connectivity index (χ1n) is 5.01. The fourth-order valence-corrected chi connectivity index (χ4v) is 1.05. The molecule has 0 spiro atoms. The van der Waals surface area contributed by atoms with Crippen LogP contribution in [0.2, 0.25) is 0 Å². The number of rotatable bonds is 3. The third kappa shape index (κ3) is 2.71. The molecule has 0 aromatic carbocycles. The summed E-state index contributed by atoms with van der Waals surface area (Å²) in [6.45, 7) is 10.5. The van der Waals surface area contributed by atoms with Crippen LogP contribution in [0.5, 0.6) is 0 Å². The van der Waals surface area contributed by atoms with E-state index in [9.17, 15) is 4.79 Å². The lowest BCUT2D eigenvalue weighted by Crippen LogP contribution is -2.46. The summed E-state index contributed by atoms with van der Waals surface area (Å²) in [7, 11) is 1.73. The highest BCUT2D eigenvalue weighted by Crippen LogP contribution is 2.39. The Morgan fingerprint density at radius 2 is 1.64 bits per heavy atom. The molecule has 0 aliphatic rings. The summed E-state index contributed by atoms with van der Waals surface area (Å²) in [6, 6.07) is 0. The molecular weight excluding hydrogens is 178 g/mol. The molecule has 0 saturated heterocycles. The zero-order chi connectivity index (χ0) is 11.6. The van der Waals surface area contributed by atoms with Gasteiger partial charge in [0, 0.05) is 19.0 Å². The Labute approximate surface area is 87.1 Å². The summed E-state index contributed by atoms with van der Waals surface area (Å²) in [6.07, 6.45) is 0. The van der Waals surface area contributed by atoms with Crippen molar-refractivity contribution < 1.29 is 9.90 Å². The summed E-state index contributed by atoms with van der Waals surface area (Å²) >= 11 is 0. The average molecular weight is 201 g/mol. The molecule has 0 atom stereocenters. The summed E-state index contributed by atoms with van der Waals surface area (Å²) in [5.41, 5.74) is -0.481. The van der Waals surface area contributed by atoms with Crippen LogP contribution in [0.1, 0.15) is 34.6 Å². The number of amides is 1. The quantitative estimate of drug-likeness (QED) is 0.752. The van der Waals surface area contributed by atoms with E-state index in [1.165, 1.54) is 0 Å². The Bertz CT molecular complexity index is 204. The Balaban J connectivity index is 4.67. The predicted octanol–water partition coefficient (Wildman–Crippen LogP) is 1.51. The Morgan fingerprint density at radius 1 is 1.21 bits per heavy atom. The first-order chi connectivity index (χ1) is 6.14. The summed E-state index contributed by atoms with van der Waals surface area (Å²) in [5.74, 6) is 0.0825. The average Bonchev–Trinajstić information content (AvgIpc) is 2.01. The second kappa shape index (κ2) is 4.30. The van der Waals surface area contributed by atoms with Crippen LogP contribution in [-0.2, 0) is 4.79 Å². The molecule has 0 aromatic rings. The topological polar surface area (TPSA) is 40.5 Å². The van der Waals surface area contributed by atoms with Crippen LogP contribution in [-0.4, -0.2) is 36.1 Å². The van der Waals surface area contributed by atoms with Gasteiger partial charge in [0.1, 0.15) is 0 Å². The van der Waals surface area contributed by atoms with Crippen LogP contribution in [0.4, 0.5) is 0 Å². The smallest absolute Gasteiger partial charge is 0.228 e. The lowest BCUT2D eigenvalue weighted by atomic mass is 9.68. The molecule has 0 aliphatic heterocycles. The van der Waals surface area contributed by atoms with E-state index >= 15 is 0 Å². The van der Waals surface area contributed by atoms with Gasteiger partial charge in [0.25, 0.3) is 0 Å². The highest BCUT2D eigenvalue weighted by Gasteiger charge is 2.41. The van der Waals surface area contributed by atoms with Crippen molar-refractivity contribution in [3.05, 3.63) is 0 Å². The van der Waals surface area contributed by atoms with E-state index in [4.69, 9.17) is 5.11 Å². The maximum atomic E-state index is 12.0. The Kier molecular flexibility index (Phi) is 4.13. The first-order valence-corrected chi connectivity index (χ1v) is 5.01. The fraction of sp³-hybridized carbons (Fsp3) is 0.909. The van der Waals surface area contributed by atoms with E-state index in [0.717, 1.165) is 0 Å². The van der Waals surface area contributed by atoms with E-state index < -0.39 is 5.41 Å². The number of carbonyl (C=O) groups is 1. The van der Waals surface area contributed by atoms with Crippen molar-refractivity contribution in [2.24, 2.45) is 10.8 Å². The van der Waals surface area contributed by atoms with Crippen LogP contribution < -0.4 is 0 Å². The van der Waals surface area contributed by atoms with Crippen LogP contribution in [0.3, 0.4) is 0 Å². The van der Waals surface area contributed by atoms with Crippen molar-refractivity contribution in [1.29, 1.82) is 0 Å². The lowest BCUT2D eigenvalue weighted by molar-refractivity contribution is -0.145. The van der Waals surface area contributed by atoms with Crippen molar-refractivity contribution in [2.45, 2.75) is 34.6 Å². The number of likely N-dealkylation sites (N-methyl/N-ethyl adjacent to an activating group) is 1. The predicted molar refractivity (Wildman–Crippen MR) is 58.0 cm³/mol. The monoisotopic (exact) mass is 201 g/mol. The molecule has 0 heterocycles. The fourth-order valence-electron chi connectivity index (χ4n) is 1.05. The molecule has 0 unspecified atom stereocenters. The molecule has 0 bridgehead atoms. The third-order valence-corrected chi connectivity index (χ3v) is 3.19. The van der Waals surface area contributed by atoms with Gasteiger partial charge in [0.15, 0.2) is 0 Å². The second-order valence-corrected chi connectivity index (χ2v) is 5.33. The summed E-state index contributed by atoms with van der Waals surface area (Å²) < 4.78 is 0. The molecule has 3 heteroatoms. The van der Waals surface area contributed by atoms with E-state index in [1.807, 2.05) is 13.8 Å². The van der Waals surface area contributed by atoms with Crippen molar-refractivity contribution in [2.75, 3.05) is 20.2 Å². The maximum absolute atomic E-state index is 12.0. The normalized spacial score (nSPS) is 12.8. The van der Waals surface area contributed by atoms with Gasteiger partial charge in [-0.05, 0) is 5.41 Å². The minimum absolute atomic E-state index is 0.0163. The zero-order valence-corrected chi connectivity index (χ0v) is 10.2. The maximum Gasteiger partial charge on any atom is 0.228 e. The number of hydrogen-bond donors (Lipinski definition) is 1. The van der Waals surface area contributed by atoms with Crippen LogP contribution >= 0.6 is 0 Å². The SMILES string of the molecule is CN(CCO)C(=O)C(C)(C)C(C)(C)C. The molecule has 0 aliphatic carbocycles. The molecule has 0 rings (SSSR count). The lowest BCUT2D eigenvalue weighted by Gasteiger charge is -2.39. The molecule has 1 N–H and O–H groups in total. The van der Waals surface area contributed by atoms with E-state index in [1.54, 1.807) is 11.9 Å². The van der Waals surface area contributed by atoms with Gasteiger partial charge < -0.3 is 10.0 Å². The zero-order valence-electron chi connectivity index (χ0n) is 10.2. The van der Waals surface area contributed by atoms with Crippen LogP contribution in [0.15, 0.2) is 0 Å². The Hall–Kier alpha value is -0.570. The van der Waals surface area contributed by atoms with Gasteiger partial charge in [-0.25, -0.2) is 0 Å². The van der Waals surface area contributed by atoms with Gasteiger partial charge >= 0.3 is 0 Å². The van der Waals surface area contributed by atoms with Crippen LogP contribution in [0.25, 0.3) is 0 Å². The molecule has 3 nitrogen and oxygen atoms in total. The molecule has 0 aromatic heterocycles. The highest BCUT2D eigenvalue weighted by molar-refractivity contribution is 5.82. The van der Waals surface area contributed by atoms with Gasteiger partial charge in [-0.15, -0.1) is 0 Å². The van der Waals surface area contributed by atoms with E-state index in [-0.39, 0.29) is 17.9 Å². The molecule has 84 valence electrons. The van der Waals surface area contributed by atoms with Crippen molar-refractivity contribution in [3.63, 3.8) is 0 Å². The van der Waals surface area contributed by atoms with Gasteiger partial charge in [0.2, 0.25) is 5.91 Å². The summed E-state index contributed by atoms with van der Waals surface area (Å²) in [4.78, 5) is 13.6. The van der Waals surface area contributed by atoms with Crippen molar-refractivity contribution in [3.8, 4) is 0 Å². The first kappa shape index (κ1) is 13.4. The standard InChI is InChI=1S/C11H23NO2/c1-10(2,3)11(4,5)9(14)12(6)7-8-13/h13H,7-8H2,1-6H3.